The molecule has 1 aromatic carbocycles. The molecule has 0 spiro atoms. The molecular formula is C15H24N2O3S. The molecule has 0 aliphatic carbocycles. The quantitative estimate of drug-likeness (QED) is 0.919. The summed E-state index contributed by atoms with van der Waals surface area (Å²) in [4.78, 5) is 0.277. The number of nitrogens with one attached hydrogen (secondary N) is 1. The first-order valence-corrected chi connectivity index (χ1v) is 8.66. The van der Waals surface area contributed by atoms with Crippen LogP contribution in [0.5, 0.6) is 5.75 Å². The predicted octanol–water partition coefficient (Wildman–Crippen LogP) is 1.68. The highest BCUT2D eigenvalue weighted by Gasteiger charge is 2.32. The van der Waals surface area contributed by atoms with Crippen molar-refractivity contribution in [3.05, 3.63) is 23.3 Å². The van der Waals surface area contributed by atoms with Gasteiger partial charge in [-0.25, -0.2) is 8.42 Å². The number of sulfonamides is 1. The van der Waals surface area contributed by atoms with Gasteiger partial charge in [-0.3, -0.25) is 0 Å². The van der Waals surface area contributed by atoms with Gasteiger partial charge < -0.3 is 10.1 Å². The minimum Gasteiger partial charge on any atom is -0.495 e. The molecular weight excluding hydrogens is 288 g/mol. The van der Waals surface area contributed by atoms with Crippen molar-refractivity contribution in [3.8, 4) is 5.75 Å². The molecule has 21 heavy (non-hydrogen) atoms. The van der Waals surface area contributed by atoms with Crippen molar-refractivity contribution in [2.75, 3.05) is 27.2 Å². The first kappa shape index (κ1) is 16.3. The lowest BCUT2D eigenvalue weighted by atomic mass is 10.1. The van der Waals surface area contributed by atoms with Crippen LogP contribution in [0.4, 0.5) is 0 Å². The Bertz CT molecular complexity index is 614. The Morgan fingerprint density at radius 2 is 2.05 bits per heavy atom. The molecule has 0 radical (unpaired) electrons. The minimum atomic E-state index is -3.52. The Hall–Kier alpha value is -1.11. The van der Waals surface area contributed by atoms with E-state index in [4.69, 9.17) is 4.74 Å². The maximum absolute atomic E-state index is 13.0. The Kier molecular flexibility index (Phi) is 4.91. The fraction of sp³-hybridized carbons (Fsp3) is 0.600. The van der Waals surface area contributed by atoms with Crippen molar-refractivity contribution in [2.45, 2.75) is 37.6 Å². The summed E-state index contributed by atoms with van der Waals surface area (Å²) in [5.74, 6) is 0.451. The standard InChI is InChI=1S/C15H24N2O3S/c1-11-8-12(2)15(20-4)14(9-11)21(18,19)17-7-5-6-13(10-17)16-3/h8-9,13,16H,5-7,10H2,1-4H3. The van der Waals surface area contributed by atoms with E-state index in [0.29, 0.717) is 18.8 Å². The molecule has 1 heterocycles. The van der Waals surface area contributed by atoms with E-state index in [-0.39, 0.29) is 10.9 Å². The largest absolute Gasteiger partial charge is 0.495 e. The second kappa shape index (κ2) is 6.34. The number of aryl methyl sites for hydroxylation is 2. The van der Waals surface area contributed by atoms with Crippen molar-refractivity contribution in [3.63, 3.8) is 0 Å². The number of piperidine rings is 1. The fourth-order valence-corrected chi connectivity index (χ4v) is 4.74. The molecule has 118 valence electrons. The topological polar surface area (TPSA) is 58.6 Å². The number of benzene rings is 1. The van der Waals surface area contributed by atoms with Crippen LogP contribution in [0.15, 0.2) is 17.0 Å². The zero-order valence-corrected chi connectivity index (χ0v) is 14.0. The number of nitrogens with zero attached hydrogens (tertiary/aromatic N) is 1. The predicted molar refractivity (Wildman–Crippen MR) is 83.3 cm³/mol. The van der Waals surface area contributed by atoms with Crippen LogP contribution in [0.1, 0.15) is 24.0 Å². The number of ether oxygens (including phenoxy) is 1. The maximum Gasteiger partial charge on any atom is 0.246 e. The molecule has 1 aliphatic heterocycles. The number of methoxy groups -OCH3 is 1. The molecule has 0 aromatic heterocycles. The van der Waals surface area contributed by atoms with Crippen LogP contribution in [-0.4, -0.2) is 46.0 Å². The molecule has 1 unspecified atom stereocenters. The number of hydrogen-bond acceptors (Lipinski definition) is 4. The van der Waals surface area contributed by atoms with Gasteiger partial charge in [0.15, 0.2) is 0 Å². The molecule has 2 rings (SSSR count). The van der Waals surface area contributed by atoms with Crippen molar-refractivity contribution in [1.29, 1.82) is 0 Å². The van der Waals surface area contributed by atoms with E-state index >= 15 is 0 Å². The highest BCUT2D eigenvalue weighted by Crippen LogP contribution is 2.32. The molecule has 1 N–H and O–H groups in total. The lowest BCUT2D eigenvalue weighted by molar-refractivity contribution is 0.291. The van der Waals surface area contributed by atoms with Gasteiger partial charge in [0.05, 0.1) is 7.11 Å². The summed E-state index contributed by atoms with van der Waals surface area (Å²) < 4.78 is 32.8. The van der Waals surface area contributed by atoms with E-state index in [1.54, 1.807) is 10.4 Å². The summed E-state index contributed by atoms with van der Waals surface area (Å²) in [6, 6.07) is 3.85. The van der Waals surface area contributed by atoms with E-state index in [2.05, 4.69) is 5.32 Å². The van der Waals surface area contributed by atoms with Crippen LogP contribution in [-0.2, 0) is 10.0 Å². The molecule has 1 aliphatic rings. The van der Waals surface area contributed by atoms with E-state index in [1.165, 1.54) is 7.11 Å². The number of likely N-dealkylation sites (N-methyl/N-ethyl adjacent to an activating group) is 1. The molecule has 0 saturated carbocycles. The van der Waals surface area contributed by atoms with E-state index in [0.717, 1.165) is 24.0 Å². The normalized spacial score (nSPS) is 20.5. The Morgan fingerprint density at radius 1 is 1.33 bits per heavy atom. The summed E-state index contributed by atoms with van der Waals surface area (Å²) >= 11 is 0. The summed E-state index contributed by atoms with van der Waals surface area (Å²) in [6.07, 6.45) is 1.88. The molecule has 1 atom stereocenters. The smallest absolute Gasteiger partial charge is 0.246 e. The highest BCUT2D eigenvalue weighted by molar-refractivity contribution is 7.89. The highest BCUT2D eigenvalue weighted by atomic mass is 32.2. The van der Waals surface area contributed by atoms with Gasteiger partial charge in [0.2, 0.25) is 10.0 Å². The van der Waals surface area contributed by atoms with Crippen LogP contribution >= 0.6 is 0 Å². The third-order valence-corrected chi connectivity index (χ3v) is 5.87. The van der Waals surface area contributed by atoms with Gasteiger partial charge in [0.25, 0.3) is 0 Å². The second-order valence-electron chi connectivity index (χ2n) is 5.60. The van der Waals surface area contributed by atoms with Gasteiger partial charge in [-0.15, -0.1) is 0 Å². The van der Waals surface area contributed by atoms with Crippen LogP contribution < -0.4 is 10.1 Å². The SMILES string of the molecule is CNC1CCCN(S(=O)(=O)c2cc(C)cc(C)c2OC)C1. The van der Waals surface area contributed by atoms with Gasteiger partial charge in [-0.05, 0) is 50.9 Å². The molecule has 6 heteroatoms. The van der Waals surface area contributed by atoms with Crippen molar-refractivity contribution in [2.24, 2.45) is 0 Å². The first-order chi connectivity index (χ1) is 9.90. The third kappa shape index (κ3) is 3.22. The molecule has 1 saturated heterocycles. The van der Waals surface area contributed by atoms with Gasteiger partial charge in [-0.2, -0.15) is 4.31 Å². The monoisotopic (exact) mass is 312 g/mol. The number of rotatable bonds is 4. The Labute approximate surface area is 127 Å². The van der Waals surface area contributed by atoms with Crippen LogP contribution in [0.2, 0.25) is 0 Å². The van der Waals surface area contributed by atoms with Crippen molar-refractivity contribution < 1.29 is 13.2 Å². The minimum absolute atomic E-state index is 0.213. The van der Waals surface area contributed by atoms with Crippen LogP contribution in [0.3, 0.4) is 0 Å². The van der Waals surface area contributed by atoms with Crippen molar-refractivity contribution >= 4 is 10.0 Å². The van der Waals surface area contributed by atoms with Gasteiger partial charge in [-0.1, -0.05) is 6.07 Å². The lowest BCUT2D eigenvalue weighted by Crippen LogP contribution is -2.46. The van der Waals surface area contributed by atoms with Crippen molar-refractivity contribution in [1.82, 2.24) is 9.62 Å². The fourth-order valence-electron chi connectivity index (χ4n) is 2.90. The van der Waals surface area contributed by atoms with E-state index in [9.17, 15) is 8.42 Å². The molecule has 1 aromatic rings. The van der Waals surface area contributed by atoms with Crippen LogP contribution in [0, 0.1) is 13.8 Å². The first-order valence-electron chi connectivity index (χ1n) is 7.22. The molecule has 1 fully saturated rings. The second-order valence-corrected chi connectivity index (χ2v) is 7.51. The summed E-state index contributed by atoms with van der Waals surface area (Å²) in [6.45, 7) is 4.85. The number of hydrogen-bond donors (Lipinski definition) is 1. The average Bonchev–Trinajstić information content (AvgIpc) is 2.46. The van der Waals surface area contributed by atoms with Gasteiger partial charge in [0, 0.05) is 19.1 Å². The van der Waals surface area contributed by atoms with Gasteiger partial charge >= 0.3 is 0 Å². The summed E-state index contributed by atoms with van der Waals surface area (Å²) in [7, 11) is -0.134. The summed E-state index contributed by atoms with van der Waals surface area (Å²) in [5.41, 5.74) is 1.77. The zero-order chi connectivity index (χ0) is 15.6. The molecule has 0 amide bonds. The molecule has 0 bridgehead atoms. The van der Waals surface area contributed by atoms with Gasteiger partial charge in [0.1, 0.15) is 10.6 Å². The maximum atomic E-state index is 13.0. The average molecular weight is 312 g/mol. The zero-order valence-electron chi connectivity index (χ0n) is 13.1. The van der Waals surface area contributed by atoms with E-state index in [1.807, 2.05) is 27.0 Å². The molecule has 5 nitrogen and oxygen atoms in total. The Morgan fingerprint density at radius 3 is 2.67 bits per heavy atom. The summed E-state index contributed by atoms with van der Waals surface area (Å²) in [5, 5.41) is 3.17. The lowest BCUT2D eigenvalue weighted by Gasteiger charge is -2.32. The Balaban J connectivity index is 2.44. The van der Waals surface area contributed by atoms with Crippen LogP contribution in [0.25, 0.3) is 0 Å². The third-order valence-electron chi connectivity index (χ3n) is 4.00. The van der Waals surface area contributed by atoms with E-state index < -0.39 is 10.0 Å².